The molecule has 2 aromatic carbocycles. The van der Waals surface area contributed by atoms with Gasteiger partial charge in [0.15, 0.2) is 6.61 Å². The number of aromatic nitrogens is 1. The van der Waals surface area contributed by atoms with Crippen molar-refractivity contribution >= 4 is 17.5 Å². The van der Waals surface area contributed by atoms with Gasteiger partial charge in [-0.2, -0.15) is 0 Å². The number of hydrogen-bond acceptors (Lipinski definition) is 4. The van der Waals surface area contributed by atoms with E-state index in [1.165, 1.54) is 5.56 Å². The Bertz CT molecular complexity index is 986. The summed E-state index contributed by atoms with van der Waals surface area (Å²) in [7, 11) is 0. The molecule has 0 fully saturated rings. The summed E-state index contributed by atoms with van der Waals surface area (Å²) in [5.41, 5.74) is 2.92. The van der Waals surface area contributed by atoms with Crippen LogP contribution in [0.5, 0.6) is 5.75 Å². The summed E-state index contributed by atoms with van der Waals surface area (Å²) in [6.07, 6.45) is 3.37. The molecule has 30 heavy (non-hydrogen) atoms. The number of pyridine rings is 1. The van der Waals surface area contributed by atoms with E-state index in [0.29, 0.717) is 29.5 Å². The number of rotatable bonds is 8. The minimum absolute atomic E-state index is 0.146. The van der Waals surface area contributed by atoms with Gasteiger partial charge in [0.1, 0.15) is 5.75 Å². The summed E-state index contributed by atoms with van der Waals surface area (Å²) < 4.78 is 5.56. The molecule has 0 saturated heterocycles. The van der Waals surface area contributed by atoms with E-state index in [9.17, 15) is 9.59 Å². The van der Waals surface area contributed by atoms with Gasteiger partial charge in [-0.25, -0.2) is 0 Å². The first-order valence-electron chi connectivity index (χ1n) is 9.81. The Morgan fingerprint density at radius 3 is 2.47 bits per heavy atom. The molecular weight excluding hydrogens is 378 g/mol. The van der Waals surface area contributed by atoms with Crippen LogP contribution in [0.25, 0.3) is 0 Å². The third-order valence-electron chi connectivity index (χ3n) is 4.54. The molecule has 3 aromatic rings. The zero-order valence-electron chi connectivity index (χ0n) is 17.1. The number of carbonyl (C=O) groups excluding carboxylic acids is 2. The highest BCUT2D eigenvalue weighted by Gasteiger charge is 2.13. The molecule has 6 heteroatoms. The highest BCUT2D eigenvalue weighted by molar-refractivity contribution is 6.04. The fourth-order valence-corrected chi connectivity index (χ4v) is 2.85. The van der Waals surface area contributed by atoms with Crippen molar-refractivity contribution in [2.24, 2.45) is 0 Å². The average molecular weight is 403 g/mol. The molecule has 1 heterocycles. The number of benzene rings is 2. The zero-order chi connectivity index (χ0) is 21.3. The summed E-state index contributed by atoms with van der Waals surface area (Å²) >= 11 is 0. The first-order valence-corrected chi connectivity index (χ1v) is 9.81. The summed E-state index contributed by atoms with van der Waals surface area (Å²) in [5, 5.41) is 5.59. The summed E-state index contributed by atoms with van der Waals surface area (Å²) in [5.74, 6) is 0.440. The number of amides is 2. The maximum absolute atomic E-state index is 12.6. The van der Waals surface area contributed by atoms with Crippen molar-refractivity contribution in [2.75, 3.05) is 11.9 Å². The van der Waals surface area contributed by atoms with Crippen LogP contribution in [0.15, 0.2) is 73.1 Å². The molecule has 3 rings (SSSR count). The Labute approximate surface area is 176 Å². The van der Waals surface area contributed by atoms with Crippen LogP contribution < -0.4 is 15.4 Å². The van der Waals surface area contributed by atoms with Crippen LogP contribution in [-0.2, 0) is 11.3 Å². The number of nitrogens with zero attached hydrogens (tertiary/aromatic N) is 1. The first-order chi connectivity index (χ1) is 14.5. The highest BCUT2D eigenvalue weighted by Crippen LogP contribution is 2.19. The van der Waals surface area contributed by atoms with Crippen molar-refractivity contribution in [2.45, 2.75) is 26.3 Å². The normalized spacial score (nSPS) is 10.5. The Balaban J connectivity index is 1.57. The second kappa shape index (κ2) is 10.2. The van der Waals surface area contributed by atoms with E-state index in [-0.39, 0.29) is 18.4 Å². The maximum Gasteiger partial charge on any atom is 0.262 e. The second-order valence-corrected chi connectivity index (χ2v) is 7.15. The first kappa shape index (κ1) is 21.0. The van der Waals surface area contributed by atoms with Crippen molar-refractivity contribution < 1.29 is 14.3 Å². The molecule has 0 aliphatic rings. The summed E-state index contributed by atoms with van der Waals surface area (Å²) in [4.78, 5) is 28.9. The number of anilines is 1. The van der Waals surface area contributed by atoms with Crippen LogP contribution in [0.1, 0.15) is 41.3 Å². The van der Waals surface area contributed by atoms with Crippen molar-refractivity contribution in [3.63, 3.8) is 0 Å². The molecule has 0 saturated carbocycles. The lowest BCUT2D eigenvalue weighted by molar-refractivity contribution is -0.118. The molecule has 0 unspecified atom stereocenters. The van der Waals surface area contributed by atoms with E-state index in [4.69, 9.17) is 4.74 Å². The Morgan fingerprint density at radius 1 is 1.00 bits per heavy atom. The van der Waals surface area contributed by atoms with Crippen LogP contribution >= 0.6 is 0 Å². The van der Waals surface area contributed by atoms with Crippen LogP contribution in [0.2, 0.25) is 0 Å². The van der Waals surface area contributed by atoms with Crippen LogP contribution in [0.3, 0.4) is 0 Å². The van der Waals surface area contributed by atoms with E-state index in [0.717, 1.165) is 5.56 Å². The summed E-state index contributed by atoms with van der Waals surface area (Å²) in [6, 6.07) is 18.2. The number of ether oxygens (including phenoxy) is 1. The highest BCUT2D eigenvalue weighted by atomic mass is 16.5. The van der Waals surface area contributed by atoms with Gasteiger partial charge in [-0.1, -0.05) is 44.2 Å². The largest absolute Gasteiger partial charge is 0.484 e. The molecule has 0 bridgehead atoms. The van der Waals surface area contributed by atoms with E-state index in [2.05, 4.69) is 29.5 Å². The Morgan fingerprint density at radius 2 is 1.77 bits per heavy atom. The average Bonchev–Trinajstić information content (AvgIpc) is 2.77. The molecule has 0 aliphatic heterocycles. The van der Waals surface area contributed by atoms with Gasteiger partial charge in [0.05, 0.1) is 11.3 Å². The molecule has 0 radical (unpaired) electrons. The van der Waals surface area contributed by atoms with Gasteiger partial charge in [0, 0.05) is 18.9 Å². The van der Waals surface area contributed by atoms with Crippen molar-refractivity contribution in [3.8, 4) is 5.75 Å². The molecule has 2 amide bonds. The lowest BCUT2D eigenvalue weighted by atomic mass is 10.0. The molecule has 0 spiro atoms. The molecule has 0 aliphatic carbocycles. The topological polar surface area (TPSA) is 80.3 Å². The number of carbonyl (C=O) groups is 2. The van der Waals surface area contributed by atoms with Gasteiger partial charge >= 0.3 is 0 Å². The van der Waals surface area contributed by atoms with Crippen molar-refractivity contribution in [1.82, 2.24) is 10.3 Å². The SMILES string of the molecule is CC(C)c1ccc(OCC(=O)Nc2ccccc2C(=O)NCc2cccnc2)cc1. The quantitative estimate of drug-likeness (QED) is 0.592. The van der Waals surface area contributed by atoms with Gasteiger partial charge in [-0.3, -0.25) is 14.6 Å². The smallest absolute Gasteiger partial charge is 0.262 e. The van der Waals surface area contributed by atoms with Gasteiger partial charge in [0.25, 0.3) is 11.8 Å². The molecule has 0 atom stereocenters. The van der Waals surface area contributed by atoms with Gasteiger partial charge < -0.3 is 15.4 Å². The third-order valence-corrected chi connectivity index (χ3v) is 4.54. The fraction of sp³-hybridized carbons (Fsp3) is 0.208. The van der Waals surface area contributed by atoms with Gasteiger partial charge in [-0.05, 0) is 47.4 Å². The monoisotopic (exact) mass is 403 g/mol. The van der Waals surface area contributed by atoms with Crippen molar-refractivity contribution in [3.05, 3.63) is 89.7 Å². The van der Waals surface area contributed by atoms with Crippen LogP contribution in [0, 0.1) is 0 Å². The molecule has 6 nitrogen and oxygen atoms in total. The predicted octanol–water partition coefficient (Wildman–Crippen LogP) is 4.15. The Kier molecular flexibility index (Phi) is 7.16. The molecule has 1 aromatic heterocycles. The minimum Gasteiger partial charge on any atom is -0.484 e. The zero-order valence-corrected chi connectivity index (χ0v) is 17.1. The number of nitrogens with one attached hydrogen (secondary N) is 2. The maximum atomic E-state index is 12.6. The number of para-hydroxylation sites is 1. The van der Waals surface area contributed by atoms with E-state index >= 15 is 0 Å². The number of hydrogen-bond donors (Lipinski definition) is 2. The Hall–Kier alpha value is -3.67. The third kappa shape index (κ3) is 5.91. The second-order valence-electron chi connectivity index (χ2n) is 7.15. The van der Waals surface area contributed by atoms with Crippen LogP contribution in [0.4, 0.5) is 5.69 Å². The fourth-order valence-electron chi connectivity index (χ4n) is 2.85. The predicted molar refractivity (Wildman–Crippen MR) is 117 cm³/mol. The lowest BCUT2D eigenvalue weighted by Crippen LogP contribution is -2.26. The molecule has 154 valence electrons. The molecular formula is C24H25N3O3. The summed E-state index contributed by atoms with van der Waals surface area (Å²) in [6.45, 7) is 4.44. The van der Waals surface area contributed by atoms with Crippen LogP contribution in [-0.4, -0.2) is 23.4 Å². The van der Waals surface area contributed by atoms with E-state index < -0.39 is 0 Å². The minimum atomic E-state index is -0.338. The van der Waals surface area contributed by atoms with Gasteiger partial charge in [-0.15, -0.1) is 0 Å². The van der Waals surface area contributed by atoms with E-state index in [1.807, 2.05) is 36.4 Å². The van der Waals surface area contributed by atoms with Gasteiger partial charge in [0.2, 0.25) is 0 Å². The molecule has 2 N–H and O–H groups in total. The van der Waals surface area contributed by atoms with Crippen molar-refractivity contribution in [1.29, 1.82) is 0 Å². The standard InChI is InChI=1S/C24H25N3O3/c1-17(2)19-9-11-20(12-10-19)30-16-23(28)27-22-8-4-3-7-21(22)24(29)26-15-18-6-5-13-25-14-18/h3-14,17H,15-16H2,1-2H3,(H,26,29)(H,27,28). The lowest BCUT2D eigenvalue weighted by Gasteiger charge is -2.12. The van der Waals surface area contributed by atoms with E-state index in [1.54, 1.807) is 36.7 Å².